The van der Waals surface area contributed by atoms with Gasteiger partial charge in [-0.25, -0.2) is 0 Å². The van der Waals surface area contributed by atoms with E-state index in [0.717, 1.165) is 16.3 Å². The van der Waals surface area contributed by atoms with Crippen LogP contribution in [0.3, 0.4) is 0 Å². The second-order valence-electron chi connectivity index (χ2n) is 5.28. The highest BCUT2D eigenvalue weighted by Crippen LogP contribution is 2.18. The highest BCUT2D eigenvalue weighted by molar-refractivity contribution is 5.88. The largest absolute Gasteiger partial charge is 0.460 e. The van der Waals surface area contributed by atoms with Crippen LogP contribution in [0.5, 0.6) is 0 Å². The summed E-state index contributed by atoms with van der Waals surface area (Å²) in [7, 11) is 0. The standard InChI is InChI=1S/C15H17NO2/c1-15(2,3)18-14(17)8-12-10-16-9-11-6-4-5-7-13(11)12/h4-7,9-10H,8H2,1-3H3. The van der Waals surface area contributed by atoms with Crippen LogP contribution >= 0.6 is 0 Å². The van der Waals surface area contributed by atoms with Crippen molar-refractivity contribution in [2.24, 2.45) is 0 Å². The molecule has 0 radical (unpaired) electrons. The highest BCUT2D eigenvalue weighted by atomic mass is 16.6. The van der Waals surface area contributed by atoms with Crippen molar-refractivity contribution in [2.45, 2.75) is 32.8 Å². The fraction of sp³-hybridized carbons (Fsp3) is 0.333. The van der Waals surface area contributed by atoms with Gasteiger partial charge in [0.2, 0.25) is 0 Å². The van der Waals surface area contributed by atoms with E-state index in [0.29, 0.717) is 0 Å². The summed E-state index contributed by atoms with van der Waals surface area (Å²) in [4.78, 5) is 16.0. The molecule has 1 heterocycles. The van der Waals surface area contributed by atoms with Gasteiger partial charge < -0.3 is 4.74 Å². The van der Waals surface area contributed by atoms with Crippen molar-refractivity contribution in [3.8, 4) is 0 Å². The number of nitrogens with zero attached hydrogens (tertiary/aromatic N) is 1. The Morgan fingerprint density at radius 2 is 1.94 bits per heavy atom. The molecule has 0 atom stereocenters. The lowest BCUT2D eigenvalue weighted by atomic mass is 10.1. The SMILES string of the molecule is CC(C)(C)OC(=O)Cc1cncc2ccccc12. The number of rotatable bonds is 2. The summed E-state index contributed by atoms with van der Waals surface area (Å²) in [5, 5.41) is 2.09. The third kappa shape index (κ3) is 3.06. The number of pyridine rings is 1. The number of carbonyl (C=O) groups excluding carboxylic acids is 1. The van der Waals surface area contributed by atoms with Gasteiger partial charge in [-0.05, 0) is 31.7 Å². The molecule has 3 nitrogen and oxygen atoms in total. The van der Waals surface area contributed by atoms with Crippen molar-refractivity contribution in [1.29, 1.82) is 0 Å². The lowest BCUT2D eigenvalue weighted by Gasteiger charge is -2.19. The molecule has 1 aromatic heterocycles. The fourth-order valence-corrected chi connectivity index (χ4v) is 1.85. The molecule has 0 aliphatic rings. The molecule has 0 aliphatic heterocycles. The van der Waals surface area contributed by atoms with Crippen LogP contribution in [0.4, 0.5) is 0 Å². The number of hydrogen-bond donors (Lipinski definition) is 0. The van der Waals surface area contributed by atoms with Crippen LogP contribution < -0.4 is 0 Å². The second kappa shape index (κ2) is 4.77. The number of aromatic nitrogens is 1. The predicted molar refractivity (Wildman–Crippen MR) is 71.3 cm³/mol. The number of fused-ring (bicyclic) bond motifs is 1. The number of carbonyl (C=O) groups is 1. The zero-order valence-corrected chi connectivity index (χ0v) is 10.9. The predicted octanol–water partition coefficient (Wildman–Crippen LogP) is 3.12. The van der Waals surface area contributed by atoms with Crippen LogP contribution in [-0.2, 0) is 16.0 Å². The zero-order valence-electron chi connectivity index (χ0n) is 10.9. The molecule has 0 fully saturated rings. The first kappa shape index (κ1) is 12.6. The molecule has 0 aliphatic carbocycles. The third-order valence-corrected chi connectivity index (χ3v) is 2.51. The van der Waals surface area contributed by atoms with Crippen LogP contribution in [0.2, 0.25) is 0 Å². The summed E-state index contributed by atoms with van der Waals surface area (Å²) in [6.45, 7) is 5.60. The van der Waals surface area contributed by atoms with Gasteiger partial charge in [-0.15, -0.1) is 0 Å². The van der Waals surface area contributed by atoms with Gasteiger partial charge in [-0.2, -0.15) is 0 Å². The molecular formula is C15H17NO2. The van der Waals surface area contributed by atoms with Gasteiger partial charge in [0.05, 0.1) is 6.42 Å². The van der Waals surface area contributed by atoms with E-state index in [-0.39, 0.29) is 12.4 Å². The maximum absolute atomic E-state index is 11.8. The van der Waals surface area contributed by atoms with E-state index >= 15 is 0 Å². The van der Waals surface area contributed by atoms with Crippen molar-refractivity contribution in [2.75, 3.05) is 0 Å². The van der Waals surface area contributed by atoms with Crippen LogP contribution in [0, 0.1) is 0 Å². The van der Waals surface area contributed by atoms with E-state index in [1.54, 1.807) is 12.4 Å². The Kier molecular flexibility index (Phi) is 3.32. The normalized spacial score (nSPS) is 11.5. The Labute approximate surface area is 107 Å². The lowest BCUT2D eigenvalue weighted by molar-refractivity contribution is -0.153. The van der Waals surface area contributed by atoms with Gasteiger partial charge >= 0.3 is 5.97 Å². The summed E-state index contributed by atoms with van der Waals surface area (Å²) in [6.07, 6.45) is 3.78. The Hall–Kier alpha value is -1.90. The molecular weight excluding hydrogens is 226 g/mol. The quantitative estimate of drug-likeness (QED) is 0.761. The molecule has 94 valence electrons. The van der Waals surface area contributed by atoms with Crippen LogP contribution in [-0.4, -0.2) is 16.6 Å². The second-order valence-corrected chi connectivity index (χ2v) is 5.28. The molecule has 18 heavy (non-hydrogen) atoms. The number of ether oxygens (including phenoxy) is 1. The van der Waals surface area contributed by atoms with Gasteiger partial charge in [-0.3, -0.25) is 9.78 Å². The van der Waals surface area contributed by atoms with Gasteiger partial charge in [0.25, 0.3) is 0 Å². The molecule has 1 aromatic carbocycles. The van der Waals surface area contributed by atoms with E-state index in [1.165, 1.54) is 0 Å². The molecule has 0 saturated carbocycles. The first-order chi connectivity index (χ1) is 8.46. The molecule has 0 N–H and O–H groups in total. The van der Waals surface area contributed by atoms with E-state index in [1.807, 2.05) is 45.0 Å². The van der Waals surface area contributed by atoms with E-state index in [4.69, 9.17) is 4.74 Å². The molecule has 0 amide bonds. The molecule has 0 unspecified atom stereocenters. The maximum Gasteiger partial charge on any atom is 0.310 e. The molecule has 2 aromatic rings. The Balaban J connectivity index is 2.24. The smallest absolute Gasteiger partial charge is 0.310 e. The summed E-state index contributed by atoms with van der Waals surface area (Å²) in [5.41, 5.74) is 0.456. The molecule has 0 spiro atoms. The molecule has 0 saturated heterocycles. The Morgan fingerprint density at radius 1 is 1.22 bits per heavy atom. The summed E-state index contributed by atoms with van der Waals surface area (Å²) in [6, 6.07) is 7.90. The topological polar surface area (TPSA) is 39.2 Å². The number of hydrogen-bond acceptors (Lipinski definition) is 3. The van der Waals surface area contributed by atoms with E-state index < -0.39 is 5.60 Å². The maximum atomic E-state index is 11.8. The number of esters is 1. The molecule has 2 rings (SSSR count). The summed E-state index contributed by atoms with van der Waals surface area (Å²) >= 11 is 0. The first-order valence-corrected chi connectivity index (χ1v) is 5.99. The third-order valence-electron chi connectivity index (χ3n) is 2.51. The first-order valence-electron chi connectivity index (χ1n) is 5.99. The van der Waals surface area contributed by atoms with Crippen LogP contribution in [0.25, 0.3) is 10.8 Å². The zero-order chi connectivity index (χ0) is 13.2. The van der Waals surface area contributed by atoms with Gasteiger partial charge in [0.1, 0.15) is 5.60 Å². The summed E-state index contributed by atoms with van der Waals surface area (Å²) < 4.78 is 5.32. The molecule has 3 heteroatoms. The number of benzene rings is 1. The van der Waals surface area contributed by atoms with Crippen LogP contribution in [0.15, 0.2) is 36.7 Å². The lowest BCUT2D eigenvalue weighted by Crippen LogP contribution is -2.25. The average molecular weight is 243 g/mol. The Bertz CT molecular complexity index is 565. The van der Waals surface area contributed by atoms with Crippen molar-refractivity contribution >= 4 is 16.7 Å². The van der Waals surface area contributed by atoms with Crippen molar-refractivity contribution < 1.29 is 9.53 Å². The van der Waals surface area contributed by atoms with Gasteiger partial charge in [0.15, 0.2) is 0 Å². The fourth-order valence-electron chi connectivity index (χ4n) is 1.85. The summed E-state index contributed by atoms with van der Waals surface area (Å²) in [5.74, 6) is -0.222. The highest BCUT2D eigenvalue weighted by Gasteiger charge is 2.17. The minimum atomic E-state index is -0.449. The minimum absolute atomic E-state index is 0.222. The van der Waals surface area contributed by atoms with E-state index in [9.17, 15) is 4.79 Å². The van der Waals surface area contributed by atoms with Crippen molar-refractivity contribution in [1.82, 2.24) is 4.98 Å². The van der Waals surface area contributed by atoms with E-state index in [2.05, 4.69) is 4.98 Å². The van der Waals surface area contributed by atoms with Gasteiger partial charge in [0, 0.05) is 17.8 Å². The monoisotopic (exact) mass is 243 g/mol. The van der Waals surface area contributed by atoms with Crippen molar-refractivity contribution in [3.05, 3.63) is 42.2 Å². The van der Waals surface area contributed by atoms with Crippen LogP contribution in [0.1, 0.15) is 26.3 Å². The van der Waals surface area contributed by atoms with Gasteiger partial charge in [-0.1, -0.05) is 24.3 Å². The minimum Gasteiger partial charge on any atom is -0.460 e. The molecule has 0 bridgehead atoms. The van der Waals surface area contributed by atoms with Crippen molar-refractivity contribution in [3.63, 3.8) is 0 Å². The Morgan fingerprint density at radius 3 is 2.67 bits per heavy atom. The average Bonchev–Trinajstić information content (AvgIpc) is 2.27.